The van der Waals surface area contributed by atoms with Gasteiger partial charge in [-0.25, -0.2) is 13.2 Å². The molecular weight excluding hydrogens is 332 g/mol. The van der Waals surface area contributed by atoms with Crippen LogP contribution >= 0.6 is 0 Å². The van der Waals surface area contributed by atoms with Crippen LogP contribution in [-0.4, -0.2) is 44.4 Å². The van der Waals surface area contributed by atoms with Gasteiger partial charge < -0.3 is 15.4 Å². The van der Waals surface area contributed by atoms with Gasteiger partial charge in [0.25, 0.3) is 0 Å². The Morgan fingerprint density at radius 3 is 2.29 bits per heavy atom. The molecule has 0 aliphatic heterocycles. The Morgan fingerprint density at radius 2 is 1.75 bits per heavy atom. The number of carbonyl (C=O) groups is 2. The van der Waals surface area contributed by atoms with Crippen molar-refractivity contribution in [3.05, 3.63) is 30.3 Å². The third kappa shape index (κ3) is 6.99. The minimum atomic E-state index is -3.46. The largest absolute Gasteiger partial charge is 0.444 e. The van der Waals surface area contributed by atoms with Crippen LogP contribution in [0.4, 0.5) is 4.79 Å². The molecule has 0 spiro atoms. The second-order valence-electron chi connectivity index (χ2n) is 6.29. The molecule has 0 saturated carbocycles. The number of alkyl carbamates (subject to hydrolysis) is 1. The fourth-order valence-corrected chi connectivity index (χ4v) is 2.94. The topological polar surface area (TPSA) is 102 Å². The SMILES string of the molecule is CC(NC(=O)OC(C)(C)C)C(=O)NCCS(=O)(=O)c1ccccc1. The monoisotopic (exact) mass is 356 g/mol. The van der Waals surface area contributed by atoms with Gasteiger partial charge in [-0.3, -0.25) is 4.79 Å². The molecule has 0 aliphatic carbocycles. The highest BCUT2D eigenvalue weighted by Crippen LogP contribution is 2.09. The lowest BCUT2D eigenvalue weighted by molar-refractivity contribution is -0.122. The van der Waals surface area contributed by atoms with E-state index in [1.54, 1.807) is 39.0 Å². The average Bonchev–Trinajstić information content (AvgIpc) is 2.45. The smallest absolute Gasteiger partial charge is 0.408 e. The third-order valence-corrected chi connectivity index (χ3v) is 4.63. The Balaban J connectivity index is 2.44. The quantitative estimate of drug-likeness (QED) is 0.804. The zero-order valence-electron chi connectivity index (χ0n) is 14.3. The van der Waals surface area contributed by atoms with Crippen LogP contribution in [-0.2, 0) is 19.4 Å². The molecule has 0 bridgehead atoms. The molecule has 1 aromatic rings. The van der Waals surface area contributed by atoms with Crippen molar-refractivity contribution in [2.45, 2.75) is 44.2 Å². The molecule has 1 unspecified atom stereocenters. The molecular formula is C16H24N2O5S. The normalized spacial score (nSPS) is 13.0. The van der Waals surface area contributed by atoms with E-state index in [2.05, 4.69) is 10.6 Å². The van der Waals surface area contributed by atoms with Crippen LogP contribution in [0.2, 0.25) is 0 Å². The number of ether oxygens (including phenoxy) is 1. The number of nitrogens with one attached hydrogen (secondary N) is 2. The molecule has 24 heavy (non-hydrogen) atoms. The van der Waals surface area contributed by atoms with Gasteiger partial charge in [-0.05, 0) is 39.8 Å². The number of rotatable bonds is 6. The van der Waals surface area contributed by atoms with Crippen molar-refractivity contribution in [1.29, 1.82) is 0 Å². The van der Waals surface area contributed by atoms with Gasteiger partial charge in [-0.2, -0.15) is 0 Å². The first kappa shape index (κ1) is 20.0. The van der Waals surface area contributed by atoms with E-state index < -0.39 is 33.5 Å². The molecule has 7 nitrogen and oxygen atoms in total. The predicted molar refractivity (Wildman–Crippen MR) is 90.3 cm³/mol. The van der Waals surface area contributed by atoms with E-state index in [0.29, 0.717) is 0 Å². The highest BCUT2D eigenvalue weighted by atomic mass is 32.2. The average molecular weight is 356 g/mol. The molecule has 2 amide bonds. The summed E-state index contributed by atoms with van der Waals surface area (Å²) in [6.45, 7) is 6.59. The lowest BCUT2D eigenvalue weighted by atomic mass is 10.2. The summed E-state index contributed by atoms with van der Waals surface area (Å²) in [5, 5.41) is 4.88. The maximum absolute atomic E-state index is 12.1. The van der Waals surface area contributed by atoms with Gasteiger partial charge in [-0.1, -0.05) is 18.2 Å². The van der Waals surface area contributed by atoms with Crippen molar-refractivity contribution in [2.75, 3.05) is 12.3 Å². The fraction of sp³-hybridized carbons (Fsp3) is 0.500. The van der Waals surface area contributed by atoms with Gasteiger partial charge in [0.05, 0.1) is 10.6 Å². The summed E-state index contributed by atoms with van der Waals surface area (Å²) in [6.07, 6.45) is -0.706. The van der Waals surface area contributed by atoms with E-state index in [4.69, 9.17) is 4.74 Å². The third-order valence-electron chi connectivity index (χ3n) is 2.90. The Labute approximate surface area is 142 Å². The van der Waals surface area contributed by atoms with Gasteiger partial charge in [0.1, 0.15) is 11.6 Å². The van der Waals surface area contributed by atoms with Crippen LogP contribution in [0, 0.1) is 0 Å². The zero-order valence-corrected chi connectivity index (χ0v) is 15.1. The lowest BCUT2D eigenvalue weighted by Gasteiger charge is -2.21. The predicted octanol–water partition coefficient (Wildman–Crippen LogP) is 1.49. The van der Waals surface area contributed by atoms with Crippen LogP contribution in [0.3, 0.4) is 0 Å². The summed E-state index contributed by atoms with van der Waals surface area (Å²) >= 11 is 0. The maximum atomic E-state index is 12.1. The van der Waals surface area contributed by atoms with E-state index in [-0.39, 0.29) is 17.2 Å². The molecule has 1 atom stereocenters. The van der Waals surface area contributed by atoms with Gasteiger partial charge in [0.2, 0.25) is 5.91 Å². The Hall–Kier alpha value is -2.09. The molecule has 1 rings (SSSR count). The van der Waals surface area contributed by atoms with E-state index in [0.717, 1.165) is 0 Å². The van der Waals surface area contributed by atoms with E-state index in [1.165, 1.54) is 19.1 Å². The van der Waals surface area contributed by atoms with Gasteiger partial charge in [0.15, 0.2) is 9.84 Å². The van der Waals surface area contributed by atoms with E-state index >= 15 is 0 Å². The number of sulfone groups is 1. The minimum absolute atomic E-state index is 0.0452. The maximum Gasteiger partial charge on any atom is 0.408 e. The molecule has 0 fully saturated rings. The molecule has 8 heteroatoms. The zero-order chi connectivity index (χ0) is 18.4. The summed E-state index contributed by atoms with van der Waals surface area (Å²) in [5.74, 6) is -0.703. The van der Waals surface area contributed by atoms with Crippen molar-refractivity contribution < 1.29 is 22.7 Å². The van der Waals surface area contributed by atoms with Crippen LogP contribution in [0.25, 0.3) is 0 Å². The Bertz CT molecular complexity index is 665. The van der Waals surface area contributed by atoms with Crippen LogP contribution < -0.4 is 10.6 Å². The molecule has 2 N–H and O–H groups in total. The molecule has 0 heterocycles. The molecule has 0 radical (unpaired) electrons. The molecule has 134 valence electrons. The second kappa shape index (κ2) is 8.14. The van der Waals surface area contributed by atoms with Crippen LogP contribution in [0.15, 0.2) is 35.2 Å². The first-order chi connectivity index (χ1) is 11.0. The second-order valence-corrected chi connectivity index (χ2v) is 8.40. The highest BCUT2D eigenvalue weighted by molar-refractivity contribution is 7.91. The lowest BCUT2D eigenvalue weighted by Crippen LogP contribution is -2.47. The Morgan fingerprint density at radius 1 is 1.17 bits per heavy atom. The van der Waals surface area contributed by atoms with Crippen LogP contribution in [0.1, 0.15) is 27.7 Å². The van der Waals surface area contributed by atoms with E-state index in [9.17, 15) is 18.0 Å². The highest BCUT2D eigenvalue weighted by Gasteiger charge is 2.21. The summed E-state index contributed by atoms with van der Waals surface area (Å²) in [5.41, 5.74) is -0.663. The van der Waals surface area contributed by atoms with Crippen molar-refractivity contribution in [3.8, 4) is 0 Å². The van der Waals surface area contributed by atoms with Gasteiger partial charge in [-0.15, -0.1) is 0 Å². The standard InChI is InChI=1S/C16H24N2O5S/c1-12(18-15(20)23-16(2,3)4)14(19)17-10-11-24(21,22)13-8-6-5-7-9-13/h5-9,12H,10-11H2,1-4H3,(H,17,19)(H,18,20). The summed E-state index contributed by atoms with van der Waals surface area (Å²) in [6, 6.07) is 7.18. The van der Waals surface area contributed by atoms with Crippen LogP contribution in [0.5, 0.6) is 0 Å². The Kier molecular flexibility index (Phi) is 6.77. The first-order valence-electron chi connectivity index (χ1n) is 7.56. The summed E-state index contributed by atoms with van der Waals surface area (Å²) in [4.78, 5) is 23.7. The van der Waals surface area contributed by atoms with Gasteiger partial charge in [0, 0.05) is 6.54 Å². The minimum Gasteiger partial charge on any atom is -0.444 e. The van der Waals surface area contributed by atoms with Gasteiger partial charge >= 0.3 is 6.09 Å². The number of hydrogen-bond acceptors (Lipinski definition) is 5. The van der Waals surface area contributed by atoms with Crippen molar-refractivity contribution in [1.82, 2.24) is 10.6 Å². The number of benzene rings is 1. The fourth-order valence-electron chi connectivity index (χ4n) is 1.76. The summed E-state index contributed by atoms with van der Waals surface area (Å²) < 4.78 is 29.2. The van der Waals surface area contributed by atoms with Crippen molar-refractivity contribution in [3.63, 3.8) is 0 Å². The first-order valence-corrected chi connectivity index (χ1v) is 9.21. The molecule has 0 aromatic heterocycles. The molecule has 1 aromatic carbocycles. The summed E-state index contributed by atoms with van der Waals surface area (Å²) in [7, 11) is -3.46. The van der Waals surface area contributed by atoms with Crippen molar-refractivity contribution in [2.24, 2.45) is 0 Å². The number of hydrogen-bond donors (Lipinski definition) is 2. The number of carbonyl (C=O) groups excluding carboxylic acids is 2. The molecule has 0 aliphatic rings. The van der Waals surface area contributed by atoms with E-state index in [1.807, 2.05) is 0 Å². The number of amides is 2. The van der Waals surface area contributed by atoms with Crippen molar-refractivity contribution >= 4 is 21.8 Å². The molecule has 0 saturated heterocycles.